The van der Waals surface area contributed by atoms with Gasteiger partial charge < -0.3 is 0 Å². The molecule has 1 aromatic heterocycles. The topological polar surface area (TPSA) is 0 Å². The van der Waals surface area contributed by atoms with Crippen molar-refractivity contribution in [1.82, 2.24) is 0 Å². The van der Waals surface area contributed by atoms with Crippen LogP contribution in [0.2, 0.25) is 0 Å². The summed E-state index contributed by atoms with van der Waals surface area (Å²) in [6.07, 6.45) is 0. The number of thiol groups is 1. The largest absolute Gasteiger partial charge is 0.206 e. The van der Waals surface area contributed by atoms with Crippen LogP contribution in [0.25, 0.3) is 10.1 Å². The summed E-state index contributed by atoms with van der Waals surface area (Å²) in [6, 6.07) is 3.53. The number of hydrogen-bond acceptors (Lipinski definition) is 2. The lowest BCUT2D eigenvalue weighted by atomic mass is 10.1. The molecule has 0 aliphatic carbocycles. The molecular weight excluding hydrogens is 271 g/mol. The minimum Gasteiger partial charge on any atom is -0.206 e. The lowest BCUT2D eigenvalue weighted by molar-refractivity contribution is 0.605. The standard InChI is InChI=1S/C9H6BrFS2/c10-4-5-3-7(11)8(12)9-6(5)1-2-13-9/h1-3,12H,4H2. The van der Waals surface area contributed by atoms with Crippen LogP contribution < -0.4 is 0 Å². The fraction of sp³-hybridized carbons (Fsp3) is 0.111. The van der Waals surface area contributed by atoms with Crippen molar-refractivity contribution < 1.29 is 4.39 Å². The quantitative estimate of drug-likeness (QED) is 0.585. The third kappa shape index (κ3) is 1.51. The van der Waals surface area contributed by atoms with Crippen molar-refractivity contribution in [1.29, 1.82) is 0 Å². The summed E-state index contributed by atoms with van der Waals surface area (Å²) in [4.78, 5) is 0.453. The van der Waals surface area contributed by atoms with Crippen molar-refractivity contribution in [3.05, 3.63) is 28.9 Å². The molecule has 68 valence electrons. The molecule has 0 nitrogen and oxygen atoms in total. The summed E-state index contributed by atoms with van der Waals surface area (Å²) in [5.74, 6) is -0.243. The van der Waals surface area contributed by atoms with Gasteiger partial charge in [-0.1, -0.05) is 15.9 Å². The maximum absolute atomic E-state index is 13.3. The van der Waals surface area contributed by atoms with Crippen LogP contribution in [-0.2, 0) is 5.33 Å². The number of fused-ring (bicyclic) bond motifs is 1. The van der Waals surface area contributed by atoms with Crippen LogP contribution in [0.5, 0.6) is 0 Å². The Morgan fingerprint density at radius 2 is 2.31 bits per heavy atom. The first-order valence-corrected chi connectivity index (χ1v) is 6.12. The van der Waals surface area contributed by atoms with Crippen LogP contribution in [0, 0.1) is 5.82 Å². The number of rotatable bonds is 1. The molecule has 0 atom stereocenters. The number of thiophene rings is 1. The first kappa shape index (κ1) is 9.49. The molecule has 13 heavy (non-hydrogen) atoms. The predicted octanol–water partition coefficient (Wildman–Crippen LogP) is 4.22. The van der Waals surface area contributed by atoms with Crippen LogP contribution in [-0.4, -0.2) is 0 Å². The highest BCUT2D eigenvalue weighted by molar-refractivity contribution is 9.08. The number of benzene rings is 1. The van der Waals surface area contributed by atoms with E-state index in [2.05, 4.69) is 28.6 Å². The smallest absolute Gasteiger partial charge is 0.138 e. The zero-order valence-corrected chi connectivity index (χ0v) is 9.85. The van der Waals surface area contributed by atoms with Crippen molar-refractivity contribution >= 4 is 50.0 Å². The summed E-state index contributed by atoms with van der Waals surface area (Å²) in [5.41, 5.74) is 0.978. The molecule has 0 radical (unpaired) electrons. The molecule has 4 heteroatoms. The van der Waals surface area contributed by atoms with Gasteiger partial charge in [0.25, 0.3) is 0 Å². The van der Waals surface area contributed by atoms with E-state index in [9.17, 15) is 4.39 Å². The Balaban J connectivity index is 2.87. The van der Waals surface area contributed by atoms with Crippen molar-refractivity contribution in [2.45, 2.75) is 10.2 Å². The summed E-state index contributed by atoms with van der Waals surface area (Å²) in [5, 5.41) is 3.72. The number of hydrogen-bond donors (Lipinski definition) is 1. The molecule has 1 heterocycles. The summed E-state index contributed by atoms with van der Waals surface area (Å²) in [7, 11) is 0. The monoisotopic (exact) mass is 276 g/mol. The van der Waals surface area contributed by atoms with Gasteiger partial charge in [-0.25, -0.2) is 4.39 Å². The molecule has 0 N–H and O–H groups in total. The Hall–Kier alpha value is -0.0600. The first-order chi connectivity index (χ1) is 6.24. The molecule has 0 unspecified atom stereocenters. The molecule has 0 saturated carbocycles. The van der Waals surface area contributed by atoms with Gasteiger partial charge in [0.1, 0.15) is 5.82 Å². The van der Waals surface area contributed by atoms with E-state index in [0.29, 0.717) is 10.2 Å². The molecule has 0 aliphatic heterocycles. The molecule has 2 rings (SSSR count). The Morgan fingerprint density at radius 3 is 3.00 bits per heavy atom. The van der Waals surface area contributed by atoms with Gasteiger partial charge in [-0.15, -0.1) is 24.0 Å². The third-order valence-electron chi connectivity index (χ3n) is 1.90. The zero-order chi connectivity index (χ0) is 9.42. The van der Waals surface area contributed by atoms with Gasteiger partial charge in [0.15, 0.2) is 0 Å². The predicted molar refractivity (Wildman–Crippen MR) is 61.7 cm³/mol. The molecule has 2 aromatic rings. The Kier molecular flexibility index (Phi) is 2.62. The summed E-state index contributed by atoms with van der Waals surface area (Å²) in [6.45, 7) is 0. The highest BCUT2D eigenvalue weighted by atomic mass is 79.9. The molecular formula is C9H6BrFS2. The van der Waals surface area contributed by atoms with Crippen LogP contribution in [0.1, 0.15) is 5.56 Å². The van der Waals surface area contributed by atoms with E-state index in [4.69, 9.17) is 0 Å². The minimum atomic E-state index is -0.243. The maximum Gasteiger partial charge on any atom is 0.138 e. The average molecular weight is 277 g/mol. The number of alkyl halides is 1. The van der Waals surface area contributed by atoms with Crippen LogP contribution in [0.4, 0.5) is 4.39 Å². The molecule has 0 fully saturated rings. The second kappa shape index (κ2) is 3.59. The number of halogens is 2. The van der Waals surface area contributed by atoms with Crippen LogP contribution in [0.3, 0.4) is 0 Å². The van der Waals surface area contributed by atoms with E-state index in [-0.39, 0.29) is 5.82 Å². The summed E-state index contributed by atoms with van der Waals surface area (Å²) < 4.78 is 14.2. The molecule has 0 bridgehead atoms. The van der Waals surface area contributed by atoms with Crippen molar-refractivity contribution in [3.63, 3.8) is 0 Å². The molecule has 0 aliphatic rings. The first-order valence-electron chi connectivity index (χ1n) is 3.67. The fourth-order valence-corrected chi connectivity index (χ4v) is 2.95. The minimum absolute atomic E-state index is 0.243. The Bertz CT molecular complexity index is 450. The fourth-order valence-electron chi connectivity index (χ4n) is 1.26. The van der Waals surface area contributed by atoms with Crippen LogP contribution >= 0.6 is 39.9 Å². The average Bonchev–Trinajstić information content (AvgIpc) is 2.60. The van der Waals surface area contributed by atoms with Gasteiger partial charge in [-0.3, -0.25) is 0 Å². The van der Waals surface area contributed by atoms with Crippen molar-refractivity contribution in [3.8, 4) is 0 Å². The normalized spacial score (nSPS) is 11.0. The lowest BCUT2D eigenvalue weighted by Crippen LogP contribution is -1.84. The van der Waals surface area contributed by atoms with E-state index in [1.807, 2.05) is 11.4 Å². The van der Waals surface area contributed by atoms with E-state index < -0.39 is 0 Å². The molecule has 1 aromatic carbocycles. The van der Waals surface area contributed by atoms with Crippen LogP contribution in [0.15, 0.2) is 22.4 Å². The van der Waals surface area contributed by atoms with Gasteiger partial charge in [0.2, 0.25) is 0 Å². The second-order valence-electron chi connectivity index (χ2n) is 2.66. The zero-order valence-electron chi connectivity index (χ0n) is 6.55. The second-order valence-corrected chi connectivity index (χ2v) is 4.59. The van der Waals surface area contributed by atoms with E-state index in [1.165, 1.54) is 17.4 Å². The maximum atomic E-state index is 13.3. The van der Waals surface area contributed by atoms with Gasteiger partial charge in [0.05, 0.1) is 9.60 Å². The Morgan fingerprint density at radius 1 is 1.54 bits per heavy atom. The lowest BCUT2D eigenvalue weighted by Gasteiger charge is -2.02. The van der Waals surface area contributed by atoms with Gasteiger partial charge >= 0.3 is 0 Å². The van der Waals surface area contributed by atoms with Gasteiger partial charge in [-0.2, -0.15) is 0 Å². The molecule has 0 saturated heterocycles. The third-order valence-corrected chi connectivity index (χ3v) is 4.02. The van der Waals surface area contributed by atoms with Gasteiger partial charge in [-0.05, 0) is 28.5 Å². The molecule has 0 amide bonds. The summed E-state index contributed by atoms with van der Waals surface area (Å²) >= 11 is 8.99. The van der Waals surface area contributed by atoms with E-state index in [0.717, 1.165) is 15.6 Å². The molecule has 0 spiro atoms. The van der Waals surface area contributed by atoms with Crippen molar-refractivity contribution in [2.75, 3.05) is 0 Å². The van der Waals surface area contributed by atoms with E-state index in [1.54, 1.807) is 0 Å². The SMILES string of the molecule is Fc1cc(CBr)c2ccsc2c1S. The van der Waals surface area contributed by atoms with Gasteiger partial charge in [0, 0.05) is 5.33 Å². The highest BCUT2D eigenvalue weighted by Crippen LogP contribution is 2.33. The Labute approximate surface area is 93.3 Å². The van der Waals surface area contributed by atoms with E-state index >= 15 is 0 Å². The highest BCUT2D eigenvalue weighted by Gasteiger charge is 2.09. The van der Waals surface area contributed by atoms with Crippen molar-refractivity contribution in [2.24, 2.45) is 0 Å².